The smallest absolute Gasteiger partial charge is 0.129 e. The molecular formula is C36H27N3S. The summed E-state index contributed by atoms with van der Waals surface area (Å²) in [6.45, 7) is 6.70. The van der Waals surface area contributed by atoms with Crippen LogP contribution in [0.25, 0.3) is 27.3 Å². The Morgan fingerprint density at radius 2 is 1.45 bits per heavy atom. The molecule has 0 amide bonds. The lowest BCUT2D eigenvalue weighted by Gasteiger charge is -2.28. The summed E-state index contributed by atoms with van der Waals surface area (Å²) in [6, 6.07) is 36.7. The molecule has 0 fully saturated rings. The number of allylic oxidation sites excluding steroid dienone is 3. The van der Waals surface area contributed by atoms with Crippen LogP contribution >= 0.6 is 11.3 Å². The van der Waals surface area contributed by atoms with Gasteiger partial charge >= 0.3 is 0 Å². The van der Waals surface area contributed by atoms with E-state index in [9.17, 15) is 0 Å². The zero-order valence-corrected chi connectivity index (χ0v) is 23.5. The minimum atomic E-state index is -0.161. The van der Waals surface area contributed by atoms with Gasteiger partial charge in [-0.2, -0.15) is 10.5 Å². The minimum Gasteiger partial charge on any atom is -0.310 e. The van der Waals surface area contributed by atoms with Gasteiger partial charge in [0.2, 0.25) is 0 Å². The van der Waals surface area contributed by atoms with Gasteiger partial charge in [-0.25, -0.2) is 0 Å². The number of benzene rings is 4. The zero-order valence-electron chi connectivity index (χ0n) is 22.6. The van der Waals surface area contributed by atoms with E-state index in [1.54, 1.807) is 23.5 Å². The van der Waals surface area contributed by atoms with E-state index < -0.39 is 0 Å². The van der Waals surface area contributed by atoms with Crippen molar-refractivity contribution in [1.82, 2.24) is 0 Å². The number of nitriles is 2. The Bertz CT molecular complexity index is 1890. The molecule has 40 heavy (non-hydrogen) atoms. The minimum absolute atomic E-state index is 0.100. The van der Waals surface area contributed by atoms with Crippen molar-refractivity contribution in [3.8, 4) is 22.6 Å². The molecule has 0 saturated carbocycles. The fourth-order valence-electron chi connectivity index (χ4n) is 5.48. The first kappa shape index (κ1) is 25.4. The third kappa shape index (κ3) is 4.39. The molecular weight excluding hydrogens is 506 g/mol. The van der Waals surface area contributed by atoms with Crippen molar-refractivity contribution >= 4 is 45.2 Å². The summed E-state index contributed by atoms with van der Waals surface area (Å²) in [4.78, 5) is 4.73. The molecule has 1 heterocycles. The highest BCUT2D eigenvalue weighted by Gasteiger charge is 2.37. The van der Waals surface area contributed by atoms with E-state index in [-0.39, 0.29) is 11.0 Å². The van der Waals surface area contributed by atoms with Crippen molar-refractivity contribution in [3.05, 3.63) is 130 Å². The number of nitrogens with zero attached hydrogens (tertiary/aromatic N) is 3. The van der Waals surface area contributed by atoms with Crippen LogP contribution in [0.2, 0.25) is 0 Å². The quantitative estimate of drug-likeness (QED) is 0.167. The van der Waals surface area contributed by atoms with Crippen molar-refractivity contribution in [3.63, 3.8) is 0 Å². The van der Waals surface area contributed by atoms with Crippen molar-refractivity contribution in [1.29, 1.82) is 10.5 Å². The second kappa shape index (κ2) is 10.0. The topological polar surface area (TPSA) is 50.8 Å². The Kier molecular flexibility index (Phi) is 6.35. The molecule has 0 atom stereocenters. The molecule has 3 nitrogen and oxygen atoms in total. The summed E-state index contributed by atoms with van der Waals surface area (Å²) in [5, 5.41) is 20.4. The second-order valence-corrected chi connectivity index (χ2v) is 11.7. The van der Waals surface area contributed by atoms with Gasteiger partial charge in [0.25, 0.3) is 0 Å². The maximum atomic E-state index is 8.99. The van der Waals surface area contributed by atoms with Crippen LogP contribution in [-0.4, -0.2) is 0 Å². The molecule has 1 aromatic heterocycles. The summed E-state index contributed by atoms with van der Waals surface area (Å²) >= 11 is 1.75. The summed E-state index contributed by atoms with van der Waals surface area (Å²) in [5.41, 5.74) is 8.45. The molecule has 5 aromatic rings. The number of anilines is 3. The average Bonchev–Trinajstić information content (AvgIpc) is 3.49. The molecule has 6 rings (SSSR count). The Balaban J connectivity index is 1.44. The first-order valence-corrected chi connectivity index (χ1v) is 14.0. The number of rotatable bonds is 5. The van der Waals surface area contributed by atoms with E-state index in [1.807, 2.05) is 18.2 Å². The molecule has 4 aromatic carbocycles. The highest BCUT2D eigenvalue weighted by atomic mass is 32.1. The van der Waals surface area contributed by atoms with Crippen molar-refractivity contribution in [2.45, 2.75) is 26.2 Å². The van der Waals surface area contributed by atoms with E-state index in [4.69, 9.17) is 10.5 Å². The Labute approximate surface area is 239 Å². The van der Waals surface area contributed by atoms with Crippen LogP contribution < -0.4 is 4.90 Å². The third-order valence-electron chi connectivity index (χ3n) is 7.65. The molecule has 1 aliphatic carbocycles. The maximum absolute atomic E-state index is 8.99. The second-order valence-electron chi connectivity index (χ2n) is 10.6. The Morgan fingerprint density at radius 3 is 2.20 bits per heavy atom. The van der Waals surface area contributed by atoms with Crippen molar-refractivity contribution in [2.75, 3.05) is 4.90 Å². The van der Waals surface area contributed by atoms with Crippen LogP contribution in [0, 0.1) is 29.6 Å². The predicted octanol–water partition coefficient (Wildman–Crippen LogP) is 9.97. The average molecular weight is 534 g/mol. The maximum Gasteiger partial charge on any atom is 0.129 e. The summed E-state index contributed by atoms with van der Waals surface area (Å²) in [7, 11) is 0. The van der Waals surface area contributed by atoms with E-state index in [0.29, 0.717) is 0 Å². The third-order valence-corrected chi connectivity index (χ3v) is 8.79. The molecule has 4 heteroatoms. The first-order valence-electron chi connectivity index (χ1n) is 13.2. The number of thiophene rings is 1. The van der Waals surface area contributed by atoms with Crippen molar-refractivity contribution in [2.24, 2.45) is 0 Å². The van der Waals surface area contributed by atoms with Gasteiger partial charge in [-0.05, 0) is 89.0 Å². The Hall–Kier alpha value is -4.90. The lowest BCUT2D eigenvalue weighted by Crippen LogP contribution is -2.16. The Morgan fingerprint density at radius 1 is 0.775 bits per heavy atom. The van der Waals surface area contributed by atoms with Crippen LogP contribution in [0.1, 0.15) is 35.4 Å². The van der Waals surface area contributed by atoms with Gasteiger partial charge < -0.3 is 4.90 Å². The highest BCUT2D eigenvalue weighted by molar-refractivity contribution is 7.16. The fourth-order valence-corrected chi connectivity index (χ4v) is 6.75. The number of fused-ring (bicyclic) bond motifs is 4. The van der Waals surface area contributed by atoms with Gasteiger partial charge in [0.05, 0.1) is 0 Å². The molecule has 192 valence electrons. The van der Waals surface area contributed by atoms with Gasteiger partial charge in [-0.3, -0.25) is 0 Å². The van der Waals surface area contributed by atoms with Crippen LogP contribution in [0.4, 0.5) is 17.1 Å². The van der Waals surface area contributed by atoms with Gasteiger partial charge in [0.15, 0.2) is 0 Å². The van der Waals surface area contributed by atoms with E-state index in [0.717, 1.165) is 21.9 Å². The molecule has 0 bridgehead atoms. The molecule has 0 saturated heterocycles. The molecule has 1 aliphatic rings. The van der Waals surface area contributed by atoms with Crippen LogP contribution in [0.15, 0.2) is 109 Å². The SMILES string of the molecule is Cc1ccc(N(c2ccc3c(c2)C(C)(C)c2cc(/C=C/C=C(C#N)C#N)sc2-3)c2ccc3ccccc3c2)cc1. The van der Waals surface area contributed by atoms with Crippen LogP contribution in [0.3, 0.4) is 0 Å². The molecule has 0 unspecified atom stereocenters. The van der Waals surface area contributed by atoms with Gasteiger partial charge in [-0.15, -0.1) is 11.3 Å². The van der Waals surface area contributed by atoms with Gasteiger partial charge in [-0.1, -0.05) is 74.0 Å². The van der Waals surface area contributed by atoms with Crippen LogP contribution in [-0.2, 0) is 5.41 Å². The predicted molar refractivity (Wildman–Crippen MR) is 167 cm³/mol. The van der Waals surface area contributed by atoms with Crippen molar-refractivity contribution < 1.29 is 0 Å². The summed E-state index contributed by atoms with van der Waals surface area (Å²) in [6.07, 6.45) is 5.31. The summed E-state index contributed by atoms with van der Waals surface area (Å²) < 4.78 is 0. The van der Waals surface area contributed by atoms with Crippen LogP contribution in [0.5, 0.6) is 0 Å². The number of hydrogen-bond donors (Lipinski definition) is 0. The standard InChI is InChI=1S/C36H27N3S/c1-24-11-14-28(15-12-24)39(29-16-13-26-8-4-5-9-27(26)19-29)30-17-18-32-33(20-30)36(2,3)34-21-31(40-35(32)34)10-6-7-25(22-37)23-38/h4-21H,1-3H3/b10-6+. The van der Waals surface area contributed by atoms with E-state index in [1.165, 1.54) is 37.9 Å². The fraction of sp³-hybridized carbons (Fsp3) is 0.111. The lowest BCUT2D eigenvalue weighted by atomic mass is 9.82. The molecule has 0 spiro atoms. The monoisotopic (exact) mass is 533 g/mol. The van der Waals surface area contributed by atoms with E-state index in [2.05, 4.69) is 117 Å². The zero-order chi connectivity index (χ0) is 27.9. The normalized spacial score (nSPS) is 12.9. The number of aryl methyl sites for hydroxylation is 1. The van der Waals surface area contributed by atoms with Gasteiger partial charge in [0.1, 0.15) is 17.7 Å². The molecule has 0 aliphatic heterocycles. The highest BCUT2D eigenvalue weighted by Crippen LogP contribution is 2.54. The first-order chi connectivity index (χ1) is 19.4. The molecule has 0 N–H and O–H groups in total. The molecule has 0 radical (unpaired) electrons. The van der Waals surface area contributed by atoms with E-state index >= 15 is 0 Å². The largest absolute Gasteiger partial charge is 0.310 e. The summed E-state index contributed by atoms with van der Waals surface area (Å²) in [5.74, 6) is 0. The van der Waals surface area contributed by atoms with Gasteiger partial charge in [0, 0.05) is 32.2 Å². The number of hydrogen-bond acceptors (Lipinski definition) is 4. The lowest BCUT2D eigenvalue weighted by molar-refractivity contribution is 0.662.